The molecular formula is C16H21NO2. The zero-order valence-corrected chi connectivity index (χ0v) is 11.6. The summed E-state index contributed by atoms with van der Waals surface area (Å²) in [7, 11) is 0. The summed E-state index contributed by atoms with van der Waals surface area (Å²) in [6, 6.07) is 8.43. The van der Waals surface area contributed by atoms with Crippen molar-refractivity contribution in [1.29, 1.82) is 0 Å². The van der Waals surface area contributed by atoms with E-state index in [2.05, 4.69) is 25.2 Å². The molecule has 2 unspecified atom stereocenters. The van der Waals surface area contributed by atoms with Crippen LogP contribution in [0.3, 0.4) is 0 Å². The van der Waals surface area contributed by atoms with Gasteiger partial charge in [0.05, 0.1) is 6.61 Å². The quantitative estimate of drug-likeness (QED) is 0.886. The molecule has 0 aromatic heterocycles. The van der Waals surface area contributed by atoms with E-state index in [4.69, 9.17) is 4.74 Å². The largest absolute Gasteiger partial charge is 0.493 e. The number of benzene rings is 1. The lowest BCUT2D eigenvalue weighted by molar-refractivity contribution is -0.119. The first-order valence-corrected chi connectivity index (χ1v) is 7.13. The van der Waals surface area contributed by atoms with Crippen LogP contribution < -0.4 is 10.1 Å². The number of nitrogens with one attached hydrogen (secondary N) is 1. The summed E-state index contributed by atoms with van der Waals surface area (Å²) in [5.74, 6) is 1.72. The zero-order chi connectivity index (χ0) is 13.5. The molecule has 1 fully saturated rings. The SMILES string of the molecule is CC(C)CC1NC(=O)CC12CCOc1ccccc12. The van der Waals surface area contributed by atoms with Crippen molar-refractivity contribution in [3.8, 4) is 5.75 Å². The van der Waals surface area contributed by atoms with Crippen molar-refractivity contribution in [3.05, 3.63) is 29.8 Å². The van der Waals surface area contributed by atoms with Crippen molar-refractivity contribution in [2.75, 3.05) is 6.61 Å². The topological polar surface area (TPSA) is 38.3 Å². The minimum absolute atomic E-state index is 0.0593. The Kier molecular flexibility index (Phi) is 3.00. The van der Waals surface area contributed by atoms with Gasteiger partial charge in [0.1, 0.15) is 5.75 Å². The lowest BCUT2D eigenvalue weighted by Crippen LogP contribution is -2.44. The van der Waals surface area contributed by atoms with Crippen LogP contribution in [0.25, 0.3) is 0 Å². The van der Waals surface area contributed by atoms with E-state index in [1.165, 1.54) is 5.56 Å². The third-order valence-corrected chi connectivity index (χ3v) is 4.41. The molecule has 0 bridgehead atoms. The van der Waals surface area contributed by atoms with E-state index in [9.17, 15) is 4.79 Å². The molecule has 102 valence electrons. The number of carbonyl (C=O) groups excluding carboxylic acids is 1. The summed E-state index contributed by atoms with van der Waals surface area (Å²) in [6.45, 7) is 5.13. The number of para-hydroxylation sites is 1. The molecule has 1 saturated heterocycles. The number of ether oxygens (including phenoxy) is 1. The Morgan fingerprint density at radius 3 is 3.00 bits per heavy atom. The van der Waals surface area contributed by atoms with E-state index >= 15 is 0 Å². The van der Waals surface area contributed by atoms with Gasteiger partial charge in [-0.2, -0.15) is 0 Å². The third kappa shape index (κ3) is 2.01. The summed E-state index contributed by atoms with van der Waals surface area (Å²) in [4.78, 5) is 12.0. The van der Waals surface area contributed by atoms with Gasteiger partial charge in [-0.15, -0.1) is 0 Å². The number of hydrogen-bond acceptors (Lipinski definition) is 2. The van der Waals surface area contributed by atoms with Gasteiger partial charge in [0.25, 0.3) is 0 Å². The Morgan fingerprint density at radius 1 is 1.42 bits per heavy atom. The van der Waals surface area contributed by atoms with Crippen LogP contribution in [-0.4, -0.2) is 18.6 Å². The van der Waals surface area contributed by atoms with Crippen LogP contribution in [0.2, 0.25) is 0 Å². The highest BCUT2D eigenvalue weighted by molar-refractivity contribution is 5.82. The maximum atomic E-state index is 12.0. The van der Waals surface area contributed by atoms with E-state index in [-0.39, 0.29) is 17.4 Å². The van der Waals surface area contributed by atoms with Gasteiger partial charge in [-0.05, 0) is 24.8 Å². The van der Waals surface area contributed by atoms with E-state index in [1.807, 2.05) is 18.2 Å². The number of amides is 1. The van der Waals surface area contributed by atoms with Crippen molar-refractivity contribution in [2.24, 2.45) is 5.92 Å². The van der Waals surface area contributed by atoms with Gasteiger partial charge in [0.2, 0.25) is 5.91 Å². The number of carbonyl (C=O) groups is 1. The van der Waals surface area contributed by atoms with Crippen molar-refractivity contribution < 1.29 is 9.53 Å². The lowest BCUT2D eigenvalue weighted by Gasteiger charge is -2.39. The highest BCUT2D eigenvalue weighted by atomic mass is 16.5. The minimum atomic E-state index is -0.0593. The number of rotatable bonds is 2. The summed E-state index contributed by atoms with van der Waals surface area (Å²) in [5, 5.41) is 3.19. The molecule has 1 aromatic carbocycles. The molecule has 3 nitrogen and oxygen atoms in total. The molecule has 2 aliphatic rings. The second-order valence-electron chi connectivity index (χ2n) is 6.18. The molecule has 2 aliphatic heterocycles. The highest BCUT2D eigenvalue weighted by Gasteiger charge is 2.50. The monoisotopic (exact) mass is 259 g/mol. The van der Waals surface area contributed by atoms with E-state index in [0.29, 0.717) is 18.9 Å². The molecule has 1 amide bonds. The average molecular weight is 259 g/mol. The van der Waals surface area contributed by atoms with Crippen molar-refractivity contribution in [3.63, 3.8) is 0 Å². The molecule has 0 saturated carbocycles. The van der Waals surface area contributed by atoms with Crippen LogP contribution in [0.4, 0.5) is 0 Å². The molecule has 1 aromatic rings. The molecular weight excluding hydrogens is 238 g/mol. The van der Waals surface area contributed by atoms with Crippen LogP contribution in [0.5, 0.6) is 5.75 Å². The first-order chi connectivity index (χ1) is 9.12. The lowest BCUT2D eigenvalue weighted by atomic mass is 9.68. The van der Waals surface area contributed by atoms with E-state index in [0.717, 1.165) is 18.6 Å². The van der Waals surface area contributed by atoms with Crippen LogP contribution in [0.1, 0.15) is 38.7 Å². The predicted octanol–water partition coefficient (Wildman–Crippen LogP) is 2.64. The zero-order valence-electron chi connectivity index (χ0n) is 11.6. The van der Waals surface area contributed by atoms with Gasteiger partial charge < -0.3 is 10.1 Å². The Balaban J connectivity index is 2.04. The maximum Gasteiger partial charge on any atom is 0.221 e. The van der Waals surface area contributed by atoms with Gasteiger partial charge in [0, 0.05) is 23.4 Å². The average Bonchev–Trinajstić information content (AvgIpc) is 2.66. The Morgan fingerprint density at radius 2 is 2.21 bits per heavy atom. The van der Waals surface area contributed by atoms with Gasteiger partial charge >= 0.3 is 0 Å². The fraction of sp³-hybridized carbons (Fsp3) is 0.562. The Labute approximate surface area is 114 Å². The van der Waals surface area contributed by atoms with Crippen molar-refractivity contribution in [1.82, 2.24) is 5.32 Å². The fourth-order valence-corrected chi connectivity index (χ4v) is 3.58. The Bertz CT molecular complexity index is 497. The molecule has 19 heavy (non-hydrogen) atoms. The van der Waals surface area contributed by atoms with Crippen molar-refractivity contribution >= 4 is 5.91 Å². The summed E-state index contributed by atoms with van der Waals surface area (Å²) in [6.07, 6.45) is 2.56. The number of fused-ring (bicyclic) bond motifs is 2. The first kappa shape index (κ1) is 12.5. The highest BCUT2D eigenvalue weighted by Crippen LogP contribution is 2.47. The first-order valence-electron chi connectivity index (χ1n) is 7.13. The summed E-state index contributed by atoms with van der Waals surface area (Å²) >= 11 is 0. The second-order valence-corrected chi connectivity index (χ2v) is 6.18. The summed E-state index contributed by atoms with van der Waals surface area (Å²) in [5.41, 5.74) is 1.15. The molecule has 0 aliphatic carbocycles. The standard InChI is InChI=1S/C16H21NO2/c1-11(2)9-14-16(10-15(18)17-14)7-8-19-13-6-4-3-5-12(13)16/h3-6,11,14H,7-10H2,1-2H3,(H,17,18). The second kappa shape index (κ2) is 4.55. The molecule has 1 N–H and O–H groups in total. The molecule has 2 atom stereocenters. The van der Waals surface area contributed by atoms with Gasteiger partial charge in [-0.25, -0.2) is 0 Å². The maximum absolute atomic E-state index is 12.0. The summed E-state index contributed by atoms with van der Waals surface area (Å²) < 4.78 is 5.76. The van der Waals surface area contributed by atoms with Crippen LogP contribution in [0.15, 0.2) is 24.3 Å². The molecule has 2 heterocycles. The molecule has 1 spiro atoms. The predicted molar refractivity (Wildman–Crippen MR) is 74.2 cm³/mol. The van der Waals surface area contributed by atoms with E-state index < -0.39 is 0 Å². The van der Waals surface area contributed by atoms with Crippen molar-refractivity contribution in [2.45, 2.75) is 44.6 Å². The normalized spacial score (nSPS) is 29.2. The third-order valence-electron chi connectivity index (χ3n) is 4.41. The van der Waals surface area contributed by atoms with Crippen LogP contribution in [0, 0.1) is 5.92 Å². The van der Waals surface area contributed by atoms with Gasteiger partial charge in [-0.3, -0.25) is 4.79 Å². The fourth-order valence-electron chi connectivity index (χ4n) is 3.58. The smallest absolute Gasteiger partial charge is 0.221 e. The van der Waals surface area contributed by atoms with E-state index in [1.54, 1.807) is 0 Å². The van der Waals surface area contributed by atoms with Gasteiger partial charge in [0.15, 0.2) is 0 Å². The molecule has 0 radical (unpaired) electrons. The number of hydrogen-bond donors (Lipinski definition) is 1. The molecule has 3 rings (SSSR count). The van der Waals surface area contributed by atoms with Gasteiger partial charge in [-0.1, -0.05) is 32.0 Å². The minimum Gasteiger partial charge on any atom is -0.493 e. The van der Waals surface area contributed by atoms with Crippen LogP contribution >= 0.6 is 0 Å². The Hall–Kier alpha value is -1.51. The van der Waals surface area contributed by atoms with Crippen LogP contribution in [-0.2, 0) is 10.2 Å². The molecule has 3 heteroatoms.